The Labute approximate surface area is 147 Å². The number of carbonyl (C=O) groups is 1. The number of hydrogen-bond acceptors (Lipinski definition) is 7. The van der Waals surface area contributed by atoms with E-state index in [-0.39, 0.29) is 27.3 Å². The average molecular weight is 372 g/mol. The van der Waals surface area contributed by atoms with Crippen LogP contribution in [-0.4, -0.2) is 35.3 Å². The maximum Gasteiger partial charge on any atom is 0.207 e. The Hall–Kier alpha value is -1.71. The van der Waals surface area contributed by atoms with E-state index in [1.807, 2.05) is 6.92 Å². The molecule has 136 valence electrons. The average Bonchev–Trinajstić information content (AvgIpc) is 3.24. The van der Waals surface area contributed by atoms with E-state index in [1.54, 1.807) is 0 Å². The van der Waals surface area contributed by atoms with E-state index in [0.717, 1.165) is 6.42 Å². The summed E-state index contributed by atoms with van der Waals surface area (Å²) >= 11 is 1.22. The second-order valence-electron chi connectivity index (χ2n) is 5.60. The van der Waals surface area contributed by atoms with Crippen LogP contribution in [0, 0.1) is 11.6 Å². The predicted molar refractivity (Wildman–Crippen MR) is 89.4 cm³/mol. The van der Waals surface area contributed by atoms with Crippen LogP contribution in [0.15, 0.2) is 10.6 Å². The molecule has 0 bridgehead atoms. The number of aromatic nitrogens is 1. The maximum absolute atomic E-state index is 14.3. The molecule has 1 aromatic carbocycles. The van der Waals surface area contributed by atoms with Crippen molar-refractivity contribution in [1.82, 2.24) is 5.16 Å². The molecule has 0 unspecified atom stereocenters. The third-order valence-corrected chi connectivity index (χ3v) is 5.00. The van der Waals surface area contributed by atoms with E-state index in [4.69, 9.17) is 14.0 Å². The first-order valence-corrected chi connectivity index (χ1v) is 8.80. The van der Waals surface area contributed by atoms with Crippen molar-refractivity contribution in [3.8, 4) is 0 Å². The number of nitrogens with zero attached hydrogens (tertiary/aromatic N) is 1. The molecule has 6 nitrogen and oxygen atoms in total. The van der Waals surface area contributed by atoms with E-state index in [9.17, 15) is 13.6 Å². The number of carbonyl (C=O) groups excluding carboxylic acids is 1. The van der Waals surface area contributed by atoms with Crippen LogP contribution in [0.1, 0.15) is 32.1 Å². The summed E-state index contributed by atoms with van der Waals surface area (Å²) in [5.74, 6) is -1.91. The van der Waals surface area contributed by atoms with Gasteiger partial charge in [0, 0.05) is 24.3 Å². The van der Waals surface area contributed by atoms with Gasteiger partial charge in [-0.25, -0.2) is 4.39 Å². The molecule has 0 radical (unpaired) electrons. The lowest BCUT2D eigenvalue weighted by Crippen LogP contribution is -2.17. The first kappa shape index (κ1) is 18.1. The van der Waals surface area contributed by atoms with Gasteiger partial charge in [-0.3, -0.25) is 4.79 Å². The van der Waals surface area contributed by atoms with E-state index in [0.29, 0.717) is 25.1 Å². The van der Waals surface area contributed by atoms with Crippen molar-refractivity contribution in [3.63, 3.8) is 0 Å². The molecule has 25 heavy (non-hydrogen) atoms. The van der Waals surface area contributed by atoms with Crippen molar-refractivity contribution in [2.75, 3.05) is 25.1 Å². The van der Waals surface area contributed by atoms with Crippen LogP contribution in [-0.2, 0) is 14.3 Å². The number of benzene rings is 1. The van der Waals surface area contributed by atoms with Crippen LogP contribution in [0.2, 0.25) is 0 Å². The fraction of sp³-hybridized carbons (Fsp3) is 0.500. The van der Waals surface area contributed by atoms with Gasteiger partial charge in [-0.05, 0) is 12.5 Å². The number of thioether (sulfide) groups is 1. The molecule has 9 heteroatoms. The largest absolute Gasteiger partial charge is 0.366 e. The summed E-state index contributed by atoms with van der Waals surface area (Å²) in [6, 6.07) is 1.42. The molecule has 0 aliphatic carbocycles. The normalized spacial score (nSPS) is 16.5. The molecule has 1 aromatic heterocycles. The number of halogens is 2. The Morgan fingerprint density at radius 2 is 2.12 bits per heavy atom. The van der Waals surface area contributed by atoms with Crippen LogP contribution in [0.3, 0.4) is 0 Å². The van der Waals surface area contributed by atoms with Crippen molar-refractivity contribution in [2.45, 2.75) is 31.8 Å². The summed E-state index contributed by atoms with van der Waals surface area (Å²) in [5.41, 5.74) is -0.298. The molecule has 2 heterocycles. The monoisotopic (exact) mass is 372 g/mol. The third-order valence-electron chi connectivity index (χ3n) is 3.83. The van der Waals surface area contributed by atoms with Gasteiger partial charge < -0.3 is 19.3 Å². The molecule has 1 fully saturated rings. The van der Waals surface area contributed by atoms with Gasteiger partial charge in [-0.1, -0.05) is 23.8 Å². The highest BCUT2D eigenvalue weighted by Crippen LogP contribution is 2.34. The molecular weight excluding hydrogens is 354 g/mol. The number of ether oxygens (including phenoxy) is 2. The minimum atomic E-state index is -1.13. The minimum absolute atomic E-state index is 0.0181. The van der Waals surface area contributed by atoms with Gasteiger partial charge in [0.2, 0.25) is 11.4 Å². The molecule has 1 N–H and O–H groups in total. The number of rotatable bonds is 6. The zero-order chi connectivity index (χ0) is 18.0. The lowest BCUT2D eigenvalue weighted by Gasteiger charge is -2.13. The zero-order valence-corrected chi connectivity index (χ0v) is 14.6. The predicted octanol–water partition coefficient (Wildman–Crippen LogP) is 3.62. The highest BCUT2D eigenvalue weighted by Gasteiger charge is 2.28. The lowest BCUT2D eigenvalue weighted by atomic mass is 10.1. The van der Waals surface area contributed by atoms with Crippen LogP contribution < -0.4 is 5.32 Å². The van der Waals surface area contributed by atoms with Gasteiger partial charge in [-0.15, -0.1) is 0 Å². The molecule has 1 atom stereocenters. The molecule has 1 aliphatic rings. The van der Waals surface area contributed by atoms with E-state index in [1.165, 1.54) is 24.8 Å². The molecule has 0 amide bonds. The van der Waals surface area contributed by atoms with Crippen molar-refractivity contribution in [1.29, 1.82) is 0 Å². The van der Waals surface area contributed by atoms with Gasteiger partial charge in [0.15, 0.2) is 23.0 Å². The number of nitrogens with one attached hydrogen (secondary N) is 1. The Balaban J connectivity index is 1.87. The maximum atomic E-state index is 14.3. The van der Waals surface area contributed by atoms with Gasteiger partial charge in [0.1, 0.15) is 0 Å². The first-order chi connectivity index (χ1) is 12.0. The Kier molecular flexibility index (Phi) is 5.55. The summed E-state index contributed by atoms with van der Waals surface area (Å²) in [4.78, 5) is 11.2. The van der Waals surface area contributed by atoms with Gasteiger partial charge in [0.25, 0.3) is 0 Å². The van der Waals surface area contributed by atoms with Crippen LogP contribution >= 0.6 is 11.8 Å². The summed E-state index contributed by atoms with van der Waals surface area (Å²) in [6.07, 6.45) is -0.177. The van der Waals surface area contributed by atoms with Crippen LogP contribution in [0.25, 0.3) is 11.0 Å². The fourth-order valence-electron chi connectivity index (χ4n) is 2.59. The van der Waals surface area contributed by atoms with Gasteiger partial charge in [0.05, 0.1) is 18.6 Å². The standard InChI is InChI=1S/C16H18F2N2O4S/c1-3-9(25-8(2)21)7-19-15-11-6-10(16-22-4-5-23-16)12(17)13(18)14(11)24-20-15/h6,9,16H,3-5,7H2,1-2H3,(H,19,20)/t9-/m0/s1. The summed E-state index contributed by atoms with van der Waals surface area (Å²) < 4.78 is 43.9. The smallest absolute Gasteiger partial charge is 0.207 e. The van der Waals surface area contributed by atoms with Gasteiger partial charge >= 0.3 is 0 Å². The van der Waals surface area contributed by atoms with Gasteiger partial charge in [-0.2, -0.15) is 4.39 Å². The van der Waals surface area contributed by atoms with E-state index in [2.05, 4.69) is 10.5 Å². The SMILES string of the molecule is CC[C@@H](CNc1noc2c(F)c(F)c(C3OCCO3)cc12)SC(C)=O. The number of hydrogen-bond donors (Lipinski definition) is 1. The Morgan fingerprint density at radius 1 is 1.40 bits per heavy atom. The van der Waals surface area contributed by atoms with Crippen LogP contribution in [0.4, 0.5) is 14.6 Å². The van der Waals surface area contributed by atoms with Crippen molar-refractivity contribution in [2.24, 2.45) is 0 Å². The molecule has 1 aliphatic heterocycles. The molecule has 0 spiro atoms. The Bertz CT molecular complexity index is 777. The topological polar surface area (TPSA) is 73.6 Å². The van der Waals surface area contributed by atoms with Crippen LogP contribution in [0.5, 0.6) is 0 Å². The second kappa shape index (κ2) is 7.67. The molecule has 1 saturated heterocycles. The minimum Gasteiger partial charge on any atom is -0.366 e. The van der Waals surface area contributed by atoms with Crippen molar-refractivity contribution < 1.29 is 27.6 Å². The van der Waals surface area contributed by atoms with E-state index >= 15 is 0 Å². The molecule has 2 aromatic rings. The molecular formula is C16H18F2N2O4S. The molecule has 3 rings (SSSR count). The van der Waals surface area contributed by atoms with Crippen molar-refractivity contribution in [3.05, 3.63) is 23.3 Å². The Morgan fingerprint density at radius 3 is 2.76 bits per heavy atom. The first-order valence-electron chi connectivity index (χ1n) is 7.92. The van der Waals surface area contributed by atoms with Crippen molar-refractivity contribution >= 4 is 33.7 Å². The summed E-state index contributed by atoms with van der Waals surface area (Å²) in [7, 11) is 0. The number of fused-ring (bicyclic) bond motifs is 1. The fourth-order valence-corrected chi connectivity index (χ4v) is 3.39. The molecule has 0 saturated carbocycles. The third kappa shape index (κ3) is 3.78. The highest BCUT2D eigenvalue weighted by molar-refractivity contribution is 8.14. The summed E-state index contributed by atoms with van der Waals surface area (Å²) in [5, 5.41) is 7.18. The summed E-state index contributed by atoms with van der Waals surface area (Å²) in [6.45, 7) is 4.54. The van der Waals surface area contributed by atoms with E-state index < -0.39 is 17.9 Å². The zero-order valence-electron chi connectivity index (χ0n) is 13.8. The lowest BCUT2D eigenvalue weighted by molar-refractivity contribution is -0.109. The highest BCUT2D eigenvalue weighted by atomic mass is 32.2. The number of anilines is 1. The second-order valence-corrected chi connectivity index (χ2v) is 7.07. The quantitative estimate of drug-likeness (QED) is 0.830.